The minimum atomic E-state index is 0.853. The van der Waals surface area contributed by atoms with Crippen molar-refractivity contribution in [2.45, 2.75) is 13.3 Å². The van der Waals surface area contributed by atoms with Gasteiger partial charge in [0, 0.05) is 21.6 Å². The number of benzene rings is 1. The molecule has 1 nitrogen and oxygen atoms in total. The van der Waals surface area contributed by atoms with Crippen LogP contribution in [0, 0.1) is 6.92 Å². The van der Waals surface area contributed by atoms with Crippen molar-refractivity contribution < 1.29 is 4.74 Å². The van der Waals surface area contributed by atoms with Gasteiger partial charge in [0.25, 0.3) is 0 Å². The van der Waals surface area contributed by atoms with Crippen molar-refractivity contribution in [3.63, 3.8) is 0 Å². The van der Waals surface area contributed by atoms with Crippen LogP contribution in [-0.4, -0.2) is 6.61 Å². The molecule has 0 N–H and O–H groups in total. The second-order valence-corrected chi connectivity index (χ2v) is 4.67. The molecule has 1 aliphatic heterocycles. The molecule has 1 aromatic heterocycles. The maximum atomic E-state index is 5.52. The van der Waals surface area contributed by atoms with Crippen molar-refractivity contribution in [2.75, 3.05) is 6.61 Å². The van der Waals surface area contributed by atoms with Gasteiger partial charge in [0.15, 0.2) is 0 Å². The lowest BCUT2D eigenvalue weighted by Gasteiger charge is -1.97. The number of thiophene rings is 1. The van der Waals surface area contributed by atoms with Crippen LogP contribution in [0.15, 0.2) is 18.2 Å². The third-order valence-corrected chi connectivity index (χ3v) is 3.61. The Morgan fingerprint density at radius 1 is 1.38 bits per heavy atom. The maximum Gasteiger partial charge on any atom is 0.124 e. The van der Waals surface area contributed by atoms with Gasteiger partial charge in [-0.1, -0.05) is 0 Å². The van der Waals surface area contributed by atoms with Crippen LogP contribution >= 0.6 is 11.3 Å². The molecule has 1 aliphatic rings. The first-order valence-electron chi connectivity index (χ1n) is 4.49. The summed E-state index contributed by atoms with van der Waals surface area (Å²) in [6.07, 6.45) is 1.08. The van der Waals surface area contributed by atoms with E-state index in [-0.39, 0.29) is 0 Å². The van der Waals surface area contributed by atoms with E-state index in [9.17, 15) is 0 Å². The maximum absolute atomic E-state index is 5.52. The zero-order valence-corrected chi connectivity index (χ0v) is 8.28. The highest BCUT2D eigenvalue weighted by Crippen LogP contribution is 2.36. The molecule has 0 spiro atoms. The van der Waals surface area contributed by atoms with Crippen molar-refractivity contribution in [2.24, 2.45) is 0 Å². The molecule has 1 aromatic carbocycles. The normalized spacial score (nSPS) is 14.5. The first kappa shape index (κ1) is 7.39. The van der Waals surface area contributed by atoms with Crippen LogP contribution < -0.4 is 4.74 Å². The average molecular weight is 190 g/mol. The van der Waals surface area contributed by atoms with Gasteiger partial charge in [0.05, 0.1) is 6.61 Å². The van der Waals surface area contributed by atoms with Crippen molar-refractivity contribution in [3.05, 3.63) is 28.6 Å². The molecular weight excluding hydrogens is 180 g/mol. The average Bonchev–Trinajstić information content (AvgIpc) is 2.65. The van der Waals surface area contributed by atoms with Gasteiger partial charge in [0.1, 0.15) is 5.75 Å². The third-order valence-electron chi connectivity index (χ3n) is 2.48. The summed E-state index contributed by atoms with van der Waals surface area (Å²) in [5, 5.41) is 1.37. The van der Waals surface area contributed by atoms with E-state index in [0.29, 0.717) is 0 Å². The summed E-state index contributed by atoms with van der Waals surface area (Å²) in [7, 11) is 0. The Kier molecular flexibility index (Phi) is 1.41. The van der Waals surface area contributed by atoms with E-state index in [1.54, 1.807) is 0 Å². The Hall–Kier alpha value is -1.02. The third kappa shape index (κ3) is 0.985. The van der Waals surface area contributed by atoms with Gasteiger partial charge in [-0.3, -0.25) is 0 Å². The quantitative estimate of drug-likeness (QED) is 0.620. The van der Waals surface area contributed by atoms with Crippen LogP contribution in [0.5, 0.6) is 5.75 Å². The van der Waals surface area contributed by atoms with Gasteiger partial charge >= 0.3 is 0 Å². The molecule has 0 bridgehead atoms. The molecule has 0 fully saturated rings. The first-order valence-corrected chi connectivity index (χ1v) is 5.31. The second kappa shape index (κ2) is 2.48. The lowest BCUT2D eigenvalue weighted by molar-refractivity contribution is 0.357. The Bertz CT molecular complexity index is 470. The Morgan fingerprint density at radius 3 is 3.23 bits per heavy atom. The zero-order chi connectivity index (χ0) is 8.84. The van der Waals surface area contributed by atoms with Gasteiger partial charge in [-0.05, 0) is 30.5 Å². The smallest absolute Gasteiger partial charge is 0.124 e. The number of fused-ring (bicyclic) bond motifs is 3. The highest BCUT2D eigenvalue weighted by molar-refractivity contribution is 7.19. The largest absolute Gasteiger partial charge is 0.493 e. The summed E-state index contributed by atoms with van der Waals surface area (Å²) in [5.41, 5.74) is 1.41. The molecule has 3 rings (SSSR count). The lowest BCUT2D eigenvalue weighted by atomic mass is 10.1. The summed E-state index contributed by atoms with van der Waals surface area (Å²) >= 11 is 1.88. The molecular formula is C11H10OS. The van der Waals surface area contributed by atoms with E-state index in [4.69, 9.17) is 4.74 Å². The van der Waals surface area contributed by atoms with E-state index in [1.165, 1.54) is 20.5 Å². The summed E-state index contributed by atoms with van der Waals surface area (Å²) in [6, 6.07) is 6.50. The molecule has 66 valence electrons. The molecule has 0 radical (unpaired) electrons. The van der Waals surface area contributed by atoms with Crippen LogP contribution in [0.2, 0.25) is 0 Å². The van der Waals surface area contributed by atoms with Gasteiger partial charge in [-0.15, -0.1) is 11.3 Å². The van der Waals surface area contributed by atoms with E-state index in [2.05, 4.69) is 25.1 Å². The van der Waals surface area contributed by atoms with E-state index in [0.717, 1.165) is 18.8 Å². The number of ether oxygens (including phenoxy) is 1. The summed E-state index contributed by atoms with van der Waals surface area (Å²) in [4.78, 5) is 1.38. The standard InChI is InChI=1S/C11H10OS/c1-7-6-8-2-3-10-9(4-5-12-10)11(8)13-7/h2-3,6H,4-5H2,1H3. The highest BCUT2D eigenvalue weighted by Gasteiger charge is 2.16. The number of aryl methyl sites for hydroxylation is 1. The van der Waals surface area contributed by atoms with Crippen molar-refractivity contribution in [1.82, 2.24) is 0 Å². The predicted octanol–water partition coefficient (Wildman–Crippen LogP) is 3.14. The molecule has 0 atom stereocenters. The monoisotopic (exact) mass is 190 g/mol. The highest BCUT2D eigenvalue weighted by atomic mass is 32.1. The molecule has 0 aliphatic carbocycles. The van der Waals surface area contributed by atoms with Crippen LogP contribution in [0.1, 0.15) is 10.4 Å². The van der Waals surface area contributed by atoms with Crippen molar-refractivity contribution in [3.8, 4) is 5.75 Å². The molecule has 0 saturated heterocycles. The van der Waals surface area contributed by atoms with Gasteiger partial charge in [-0.25, -0.2) is 0 Å². The molecule has 2 heterocycles. The van der Waals surface area contributed by atoms with Crippen molar-refractivity contribution in [1.29, 1.82) is 0 Å². The summed E-state index contributed by atoms with van der Waals surface area (Å²) in [6.45, 7) is 3.01. The van der Waals surface area contributed by atoms with Crippen LogP contribution in [0.4, 0.5) is 0 Å². The van der Waals surface area contributed by atoms with Crippen LogP contribution in [0.25, 0.3) is 10.1 Å². The van der Waals surface area contributed by atoms with Gasteiger partial charge in [-0.2, -0.15) is 0 Å². The summed E-state index contributed by atoms with van der Waals surface area (Å²) in [5.74, 6) is 1.09. The lowest BCUT2D eigenvalue weighted by Crippen LogP contribution is -1.85. The molecule has 2 heteroatoms. The Labute approximate surface area is 81.0 Å². The molecule has 0 saturated carbocycles. The van der Waals surface area contributed by atoms with Gasteiger partial charge < -0.3 is 4.74 Å². The zero-order valence-electron chi connectivity index (χ0n) is 7.46. The molecule has 13 heavy (non-hydrogen) atoms. The predicted molar refractivity (Wildman–Crippen MR) is 55.8 cm³/mol. The minimum Gasteiger partial charge on any atom is -0.493 e. The van der Waals surface area contributed by atoms with Crippen molar-refractivity contribution >= 4 is 21.4 Å². The Balaban J connectivity index is 2.42. The van der Waals surface area contributed by atoms with Crippen LogP contribution in [0.3, 0.4) is 0 Å². The SMILES string of the molecule is Cc1cc2ccc3c(c2s1)CCO3. The fourth-order valence-electron chi connectivity index (χ4n) is 1.91. The van der Waals surface area contributed by atoms with E-state index >= 15 is 0 Å². The summed E-state index contributed by atoms with van der Waals surface area (Å²) < 4.78 is 6.95. The van der Waals surface area contributed by atoms with Crippen LogP contribution in [-0.2, 0) is 6.42 Å². The fourth-order valence-corrected chi connectivity index (χ4v) is 2.99. The Morgan fingerprint density at radius 2 is 2.31 bits per heavy atom. The number of hydrogen-bond donors (Lipinski definition) is 0. The second-order valence-electron chi connectivity index (χ2n) is 3.42. The number of rotatable bonds is 0. The number of hydrogen-bond acceptors (Lipinski definition) is 2. The fraction of sp³-hybridized carbons (Fsp3) is 0.273. The minimum absolute atomic E-state index is 0.853. The first-order chi connectivity index (χ1) is 6.34. The van der Waals surface area contributed by atoms with E-state index < -0.39 is 0 Å². The topological polar surface area (TPSA) is 9.23 Å². The molecule has 0 amide bonds. The van der Waals surface area contributed by atoms with Gasteiger partial charge in [0.2, 0.25) is 0 Å². The van der Waals surface area contributed by atoms with E-state index in [1.807, 2.05) is 11.3 Å². The molecule has 2 aromatic rings. The molecule has 0 unspecified atom stereocenters.